The van der Waals surface area contributed by atoms with Crippen molar-refractivity contribution in [1.82, 2.24) is 9.97 Å². The average molecular weight is 158 g/mol. The first-order valence-corrected chi connectivity index (χ1v) is 2.73. The Morgan fingerprint density at radius 1 is 1.36 bits per heavy atom. The highest BCUT2D eigenvalue weighted by Crippen LogP contribution is 2.08. The monoisotopic (exact) mass is 158 g/mol. The zero-order valence-electron chi connectivity index (χ0n) is 5.50. The Bertz CT molecular complexity index is 250. The van der Waals surface area contributed by atoms with Gasteiger partial charge in [-0.15, -0.1) is 0 Å². The SMILES string of the molecule is NNc1ncc(F)c(NN)n1. The van der Waals surface area contributed by atoms with Crippen LogP contribution in [-0.4, -0.2) is 9.97 Å². The van der Waals surface area contributed by atoms with E-state index in [9.17, 15) is 4.39 Å². The van der Waals surface area contributed by atoms with Crippen molar-refractivity contribution < 1.29 is 4.39 Å². The fourth-order valence-corrected chi connectivity index (χ4v) is 0.538. The molecule has 7 heteroatoms. The zero-order chi connectivity index (χ0) is 8.27. The van der Waals surface area contributed by atoms with Crippen LogP contribution in [0.3, 0.4) is 0 Å². The smallest absolute Gasteiger partial charge is 0.239 e. The van der Waals surface area contributed by atoms with Crippen LogP contribution in [0.4, 0.5) is 16.2 Å². The number of aromatic nitrogens is 2. The number of anilines is 2. The van der Waals surface area contributed by atoms with Gasteiger partial charge in [-0.3, -0.25) is 5.43 Å². The molecule has 1 heterocycles. The van der Waals surface area contributed by atoms with Gasteiger partial charge < -0.3 is 5.43 Å². The van der Waals surface area contributed by atoms with Crippen LogP contribution in [0.15, 0.2) is 6.20 Å². The summed E-state index contributed by atoms with van der Waals surface area (Å²) < 4.78 is 12.6. The van der Waals surface area contributed by atoms with Gasteiger partial charge >= 0.3 is 0 Å². The lowest BCUT2D eigenvalue weighted by Crippen LogP contribution is -2.15. The molecule has 0 aliphatic carbocycles. The largest absolute Gasteiger partial charge is 0.306 e. The fraction of sp³-hybridized carbons (Fsp3) is 0. The fourth-order valence-electron chi connectivity index (χ4n) is 0.538. The van der Waals surface area contributed by atoms with Gasteiger partial charge in [0, 0.05) is 0 Å². The number of nitrogens with two attached hydrogens (primary N) is 2. The Kier molecular flexibility index (Phi) is 2.14. The number of nitrogens with zero attached hydrogens (tertiary/aromatic N) is 2. The van der Waals surface area contributed by atoms with Crippen LogP contribution in [0.5, 0.6) is 0 Å². The second-order valence-electron chi connectivity index (χ2n) is 1.68. The van der Waals surface area contributed by atoms with Crippen molar-refractivity contribution in [3.8, 4) is 0 Å². The standard InChI is InChI=1S/C4H7FN6/c5-2-1-8-4(11-7)9-3(2)10-6/h1H,6-7H2,(H2,8,9,10,11). The lowest BCUT2D eigenvalue weighted by molar-refractivity contribution is 0.618. The molecule has 0 saturated carbocycles. The topological polar surface area (TPSA) is 102 Å². The molecule has 0 atom stereocenters. The summed E-state index contributed by atoms with van der Waals surface area (Å²) >= 11 is 0. The Balaban J connectivity index is 3.02. The maximum Gasteiger partial charge on any atom is 0.239 e. The normalized spacial score (nSPS) is 9.36. The van der Waals surface area contributed by atoms with Gasteiger partial charge in [-0.05, 0) is 0 Å². The van der Waals surface area contributed by atoms with Crippen molar-refractivity contribution in [3.63, 3.8) is 0 Å². The highest BCUT2D eigenvalue weighted by Gasteiger charge is 2.02. The maximum atomic E-state index is 12.6. The van der Waals surface area contributed by atoms with E-state index in [0.29, 0.717) is 0 Å². The third kappa shape index (κ3) is 1.51. The molecule has 0 fully saturated rings. The van der Waals surface area contributed by atoms with Gasteiger partial charge in [0.15, 0.2) is 11.6 Å². The Hall–Kier alpha value is -1.47. The molecule has 0 unspecified atom stereocenters. The summed E-state index contributed by atoms with van der Waals surface area (Å²) in [5.41, 5.74) is 4.19. The third-order valence-corrected chi connectivity index (χ3v) is 1.01. The number of hydrazine groups is 2. The molecule has 6 nitrogen and oxygen atoms in total. The van der Waals surface area contributed by atoms with Crippen LogP contribution in [-0.2, 0) is 0 Å². The van der Waals surface area contributed by atoms with E-state index in [1.807, 2.05) is 5.43 Å². The van der Waals surface area contributed by atoms with E-state index in [0.717, 1.165) is 6.20 Å². The van der Waals surface area contributed by atoms with Gasteiger partial charge in [-0.2, -0.15) is 4.98 Å². The summed E-state index contributed by atoms with van der Waals surface area (Å²) in [7, 11) is 0. The molecule has 0 aliphatic rings. The molecule has 60 valence electrons. The second-order valence-corrected chi connectivity index (χ2v) is 1.68. The van der Waals surface area contributed by atoms with Crippen molar-refractivity contribution >= 4 is 11.8 Å². The molecule has 11 heavy (non-hydrogen) atoms. The lowest BCUT2D eigenvalue weighted by atomic mass is 10.5. The number of rotatable bonds is 2. The molecule has 0 amide bonds. The summed E-state index contributed by atoms with van der Waals surface area (Å²) in [5, 5.41) is 0. The highest BCUT2D eigenvalue weighted by atomic mass is 19.1. The molecule has 0 radical (unpaired) electrons. The number of halogens is 1. The summed E-state index contributed by atoms with van der Waals surface area (Å²) in [4.78, 5) is 7.04. The number of nitrogen functional groups attached to an aromatic ring is 2. The van der Waals surface area contributed by atoms with Crippen LogP contribution in [0.2, 0.25) is 0 Å². The zero-order valence-corrected chi connectivity index (χ0v) is 5.50. The number of nitrogens with one attached hydrogen (secondary N) is 2. The van der Waals surface area contributed by atoms with E-state index in [-0.39, 0.29) is 11.8 Å². The first kappa shape index (κ1) is 7.63. The Morgan fingerprint density at radius 2 is 2.09 bits per heavy atom. The highest BCUT2D eigenvalue weighted by molar-refractivity contribution is 5.38. The van der Waals surface area contributed by atoms with E-state index >= 15 is 0 Å². The second kappa shape index (κ2) is 3.08. The summed E-state index contributed by atoms with van der Waals surface area (Å²) in [6.07, 6.45) is 0.956. The van der Waals surface area contributed by atoms with E-state index in [4.69, 9.17) is 11.7 Å². The molecule has 1 aromatic rings. The molecule has 0 spiro atoms. The molecule has 0 aromatic carbocycles. The first-order valence-electron chi connectivity index (χ1n) is 2.73. The van der Waals surface area contributed by atoms with Crippen molar-refractivity contribution in [2.45, 2.75) is 0 Å². The van der Waals surface area contributed by atoms with Crippen LogP contribution in [0.1, 0.15) is 0 Å². The minimum atomic E-state index is -0.633. The lowest BCUT2D eigenvalue weighted by Gasteiger charge is -2.01. The van der Waals surface area contributed by atoms with Gasteiger partial charge in [-0.25, -0.2) is 21.1 Å². The number of hydrogen-bond donors (Lipinski definition) is 4. The molecule has 0 aliphatic heterocycles. The predicted octanol–water partition coefficient (Wildman–Crippen LogP) is -0.813. The summed E-state index contributed by atoms with van der Waals surface area (Å²) in [6.45, 7) is 0. The van der Waals surface area contributed by atoms with Crippen molar-refractivity contribution in [1.29, 1.82) is 0 Å². The van der Waals surface area contributed by atoms with Crippen LogP contribution in [0, 0.1) is 5.82 Å². The quantitative estimate of drug-likeness (QED) is 0.331. The summed E-state index contributed by atoms with van der Waals surface area (Å²) in [5.74, 6) is 9.24. The molecular formula is C4H7FN6. The van der Waals surface area contributed by atoms with E-state index < -0.39 is 5.82 Å². The predicted molar refractivity (Wildman–Crippen MR) is 37.6 cm³/mol. The van der Waals surface area contributed by atoms with Gasteiger partial charge in [0.05, 0.1) is 6.20 Å². The molecule has 0 saturated heterocycles. The molecule has 1 aromatic heterocycles. The van der Waals surface area contributed by atoms with Crippen molar-refractivity contribution in [2.75, 3.05) is 10.9 Å². The van der Waals surface area contributed by atoms with E-state index in [1.165, 1.54) is 0 Å². The van der Waals surface area contributed by atoms with Crippen LogP contribution < -0.4 is 22.5 Å². The van der Waals surface area contributed by atoms with Gasteiger partial charge in [0.25, 0.3) is 0 Å². The van der Waals surface area contributed by atoms with Crippen LogP contribution in [0.25, 0.3) is 0 Å². The van der Waals surface area contributed by atoms with E-state index in [1.54, 1.807) is 0 Å². The van der Waals surface area contributed by atoms with Gasteiger partial charge in [-0.1, -0.05) is 0 Å². The number of hydrogen-bond acceptors (Lipinski definition) is 6. The minimum Gasteiger partial charge on any atom is -0.306 e. The van der Waals surface area contributed by atoms with Gasteiger partial charge in [0.2, 0.25) is 5.95 Å². The van der Waals surface area contributed by atoms with Crippen LogP contribution >= 0.6 is 0 Å². The average Bonchev–Trinajstić information content (AvgIpc) is 2.05. The molecule has 1 rings (SSSR count). The van der Waals surface area contributed by atoms with Gasteiger partial charge in [0.1, 0.15) is 0 Å². The summed E-state index contributed by atoms with van der Waals surface area (Å²) in [6, 6.07) is 0. The first-order chi connectivity index (χ1) is 5.27. The molecule has 6 N–H and O–H groups in total. The minimum absolute atomic E-state index is 0.0966. The van der Waals surface area contributed by atoms with E-state index in [2.05, 4.69) is 15.4 Å². The molecule has 0 bridgehead atoms. The molecular weight excluding hydrogens is 151 g/mol. The Morgan fingerprint density at radius 3 is 2.64 bits per heavy atom. The maximum absolute atomic E-state index is 12.6. The third-order valence-electron chi connectivity index (χ3n) is 1.01. The van der Waals surface area contributed by atoms with Crippen molar-refractivity contribution in [2.24, 2.45) is 11.7 Å². The Labute approximate surface area is 61.8 Å². The van der Waals surface area contributed by atoms with Crippen molar-refractivity contribution in [3.05, 3.63) is 12.0 Å².